The molecule has 52 heavy (non-hydrogen) atoms. The van der Waals surface area contributed by atoms with Gasteiger partial charge < -0.3 is 10.4 Å². The minimum absolute atomic E-state index is 0.0339. The van der Waals surface area contributed by atoms with Crippen LogP contribution in [0.3, 0.4) is 0 Å². The lowest BCUT2D eigenvalue weighted by Gasteiger charge is -2.23. The Balaban J connectivity index is 1.35. The van der Waals surface area contributed by atoms with Gasteiger partial charge in [0.15, 0.2) is 5.69 Å². The van der Waals surface area contributed by atoms with Gasteiger partial charge in [0, 0.05) is 22.6 Å². The summed E-state index contributed by atoms with van der Waals surface area (Å²) in [5, 5.41) is 23.9. The number of H-pyrrole nitrogens is 1. The van der Waals surface area contributed by atoms with Crippen LogP contribution in [0.5, 0.6) is 0 Å². The van der Waals surface area contributed by atoms with Crippen molar-refractivity contribution in [1.29, 1.82) is 0 Å². The van der Waals surface area contributed by atoms with Crippen LogP contribution in [0.2, 0.25) is 0 Å². The van der Waals surface area contributed by atoms with Gasteiger partial charge >= 0.3 is 6.18 Å². The highest BCUT2D eigenvalue weighted by atomic mass is 19.4. The molecule has 8 nitrogen and oxygen atoms in total. The third kappa shape index (κ3) is 6.16. The molecule has 0 aliphatic heterocycles. The SMILES string of the molecule is Cc1n[nH]c2cccc(-c3ccc(C#CC(C)(C)O)nc3[C@H](Cc3cc(F)cc(F)c3)NC(=O)Cn3nc(C(F)(F)F)c4c3C(F)(F)[C@@H]3C[C@]43F)c12. The van der Waals surface area contributed by atoms with E-state index in [9.17, 15) is 31.9 Å². The molecule has 3 N–H and O–H groups in total. The van der Waals surface area contributed by atoms with Crippen LogP contribution in [0.15, 0.2) is 48.5 Å². The summed E-state index contributed by atoms with van der Waals surface area (Å²) in [4.78, 5) is 18.4. The molecule has 270 valence electrons. The lowest BCUT2D eigenvalue weighted by Crippen LogP contribution is -2.35. The van der Waals surface area contributed by atoms with Crippen LogP contribution in [0.1, 0.15) is 65.9 Å². The van der Waals surface area contributed by atoms with Gasteiger partial charge in [0.1, 0.15) is 40.8 Å². The molecule has 2 aromatic carbocycles. The molecular formula is C36H28F8N6O2. The fraction of sp³-hybridized carbons (Fsp3) is 0.333. The van der Waals surface area contributed by atoms with Crippen LogP contribution < -0.4 is 5.32 Å². The topological polar surface area (TPSA) is 109 Å². The zero-order chi connectivity index (χ0) is 37.5. The van der Waals surface area contributed by atoms with Crippen molar-refractivity contribution in [3.63, 3.8) is 0 Å². The first kappa shape index (κ1) is 35.1. The predicted molar refractivity (Wildman–Crippen MR) is 170 cm³/mol. The Morgan fingerprint density at radius 1 is 1.10 bits per heavy atom. The number of hydrogen-bond acceptors (Lipinski definition) is 5. The second-order valence-corrected chi connectivity index (χ2v) is 13.5. The van der Waals surface area contributed by atoms with Gasteiger partial charge in [0.2, 0.25) is 5.91 Å². The van der Waals surface area contributed by atoms with Gasteiger partial charge in [-0.25, -0.2) is 18.2 Å². The highest BCUT2D eigenvalue weighted by molar-refractivity contribution is 5.97. The van der Waals surface area contributed by atoms with Crippen molar-refractivity contribution >= 4 is 16.8 Å². The molecule has 1 fully saturated rings. The first-order chi connectivity index (χ1) is 24.3. The number of nitrogens with zero attached hydrogens (tertiary/aromatic N) is 4. The highest BCUT2D eigenvalue weighted by Gasteiger charge is 2.78. The van der Waals surface area contributed by atoms with E-state index in [-0.39, 0.29) is 28.1 Å². The maximum atomic E-state index is 15.3. The second-order valence-electron chi connectivity index (χ2n) is 13.5. The van der Waals surface area contributed by atoms with E-state index in [0.29, 0.717) is 33.8 Å². The lowest BCUT2D eigenvalue weighted by molar-refractivity contribution is -0.143. The normalized spacial score (nSPS) is 19.5. The monoisotopic (exact) mass is 728 g/mol. The van der Waals surface area contributed by atoms with Crippen molar-refractivity contribution in [1.82, 2.24) is 30.3 Å². The number of fused-ring (bicyclic) bond motifs is 4. The van der Waals surface area contributed by atoms with E-state index >= 15 is 13.2 Å². The molecule has 0 unspecified atom stereocenters. The first-order valence-electron chi connectivity index (χ1n) is 16.0. The van der Waals surface area contributed by atoms with Gasteiger partial charge in [-0.2, -0.15) is 32.1 Å². The Hall–Kier alpha value is -5.30. The van der Waals surface area contributed by atoms with Crippen LogP contribution in [-0.2, 0) is 35.5 Å². The number of benzene rings is 2. The van der Waals surface area contributed by atoms with Gasteiger partial charge in [-0.05, 0) is 81.0 Å². The average molecular weight is 729 g/mol. The number of carbonyl (C=O) groups excluding carboxylic acids is 1. The summed E-state index contributed by atoms with van der Waals surface area (Å²) < 4.78 is 117. The molecule has 2 aliphatic carbocycles. The summed E-state index contributed by atoms with van der Waals surface area (Å²) in [7, 11) is 0. The van der Waals surface area contributed by atoms with Crippen LogP contribution in [0.4, 0.5) is 35.1 Å². The number of alkyl halides is 6. The molecule has 3 atom stereocenters. The maximum Gasteiger partial charge on any atom is 0.435 e. The average Bonchev–Trinajstić information content (AvgIpc) is 3.29. The van der Waals surface area contributed by atoms with Gasteiger partial charge in [0.05, 0.1) is 28.9 Å². The summed E-state index contributed by atoms with van der Waals surface area (Å²) in [6, 6.07) is 9.70. The molecule has 16 heteroatoms. The van der Waals surface area contributed by atoms with E-state index in [1.165, 1.54) is 13.8 Å². The Kier molecular flexibility index (Phi) is 8.02. The Morgan fingerprint density at radius 3 is 2.48 bits per heavy atom. The summed E-state index contributed by atoms with van der Waals surface area (Å²) >= 11 is 0. The maximum absolute atomic E-state index is 15.3. The quantitative estimate of drug-likeness (QED) is 0.124. The zero-order valence-electron chi connectivity index (χ0n) is 27.6. The summed E-state index contributed by atoms with van der Waals surface area (Å²) in [6.07, 6.45) is -6.46. The van der Waals surface area contributed by atoms with E-state index in [1.54, 1.807) is 37.3 Å². The second kappa shape index (κ2) is 11.9. The fourth-order valence-electron chi connectivity index (χ4n) is 6.87. The van der Waals surface area contributed by atoms with E-state index in [4.69, 9.17) is 0 Å². The van der Waals surface area contributed by atoms with Crippen molar-refractivity contribution in [2.24, 2.45) is 5.92 Å². The standard InChI is InChI=1S/C36H28F8N6O2/c1-17-28-22(5-4-6-24(28)48-47-17)23-8-7-21(9-10-33(2,3)52)45-30(23)25(13-18-11-19(37)14-20(38)12-18)46-27(51)16-50-32-29(31(49-50)36(42,43)44)34(39)15-26(34)35(32,40)41/h4-8,11-12,14,25-26,52H,13,15-16H2,1-3H3,(H,46,51)(H,47,48)/t25-,26+,34+/m0/s1. The van der Waals surface area contributed by atoms with Gasteiger partial charge in [0.25, 0.3) is 5.92 Å². The number of amides is 1. The van der Waals surface area contributed by atoms with E-state index in [0.717, 1.165) is 12.1 Å². The summed E-state index contributed by atoms with van der Waals surface area (Å²) in [5.74, 6) is -3.71. The minimum atomic E-state index is -5.29. The minimum Gasteiger partial charge on any atom is -0.378 e. The first-order valence-corrected chi connectivity index (χ1v) is 16.0. The molecule has 1 amide bonds. The Morgan fingerprint density at radius 2 is 1.81 bits per heavy atom. The zero-order valence-corrected chi connectivity index (χ0v) is 27.6. The molecule has 1 saturated carbocycles. The summed E-state index contributed by atoms with van der Waals surface area (Å²) in [5.41, 5.74) is -6.43. The molecule has 0 radical (unpaired) electrons. The number of aliphatic hydroxyl groups is 1. The third-order valence-electron chi connectivity index (χ3n) is 9.09. The number of carbonyl (C=O) groups is 1. The molecule has 0 bridgehead atoms. The van der Waals surface area contributed by atoms with E-state index in [1.807, 2.05) is 0 Å². The molecule has 3 aromatic heterocycles. The van der Waals surface area contributed by atoms with Gasteiger partial charge in [-0.15, -0.1) is 0 Å². The van der Waals surface area contributed by atoms with E-state index in [2.05, 4.69) is 37.4 Å². The number of aromatic amines is 1. The number of halogens is 8. The van der Waals surface area contributed by atoms with E-state index < -0.39 is 82.8 Å². The molecule has 0 spiro atoms. The molecule has 3 heterocycles. The smallest absolute Gasteiger partial charge is 0.378 e. The van der Waals surface area contributed by atoms with Crippen LogP contribution in [-0.4, -0.2) is 41.6 Å². The fourth-order valence-corrected chi connectivity index (χ4v) is 6.87. The molecular weight excluding hydrogens is 700 g/mol. The Labute approximate surface area is 290 Å². The molecule has 0 saturated heterocycles. The van der Waals surface area contributed by atoms with Crippen molar-refractivity contribution < 1.29 is 45.0 Å². The largest absolute Gasteiger partial charge is 0.435 e. The number of aromatic nitrogens is 5. The molecule has 2 aliphatic rings. The van der Waals surface area contributed by atoms with Crippen molar-refractivity contribution in [2.75, 3.05) is 0 Å². The van der Waals surface area contributed by atoms with Crippen molar-refractivity contribution in [3.8, 4) is 23.0 Å². The van der Waals surface area contributed by atoms with Crippen molar-refractivity contribution in [3.05, 3.63) is 99.8 Å². The number of pyridine rings is 1. The summed E-state index contributed by atoms with van der Waals surface area (Å²) in [6.45, 7) is 3.43. The number of rotatable bonds is 7. The number of nitrogens with one attached hydrogen (secondary N) is 2. The lowest BCUT2D eigenvalue weighted by atomic mass is 9.92. The van der Waals surface area contributed by atoms with Gasteiger partial charge in [-0.1, -0.05) is 18.1 Å². The van der Waals surface area contributed by atoms with Gasteiger partial charge in [-0.3, -0.25) is 14.6 Å². The van der Waals surface area contributed by atoms with Crippen LogP contribution in [0, 0.1) is 36.3 Å². The van der Waals surface area contributed by atoms with Crippen molar-refractivity contribution in [2.45, 2.75) is 69.6 Å². The number of aryl methyl sites for hydroxylation is 1. The Bertz CT molecular complexity index is 2310. The predicted octanol–water partition coefficient (Wildman–Crippen LogP) is 6.94. The highest BCUT2D eigenvalue weighted by Crippen LogP contribution is 2.73. The third-order valence-corrected chi connectivity index (χ3v) is 9.09. The number of hydrogen-bond donors (Lipinski definition) is 3. The van der Waals surface area contributed by atoms with Crippen LogP contribution >= 0.6 is 0 Å². The van der Waals surface area contributed by atoms with Crippen LogP contribution in [0.25, 0.3) is 22.0 Å². The molecule has 7 rings (SSSR count). The molecule has 5 aromatic rings.